The molecule has 0 amide bonds. The highest BCUT2D eigenvalue weighted by molar-refractivity contribution is 7.89. The van der Waals surface area contributed by atoms with Gasteiger partial charge in [-0.1, -0.05) is 6.07 Å². The average molecular weight is 302 g/mol. The maximum atomic E-state index is 13.3. The number of nitrogens with two attached hydrogens (primary N) is 1. The molecule has 0 radical (unpaired) electrons. The van der Waals surface area contributed by atoms with Gasteiger partial charge in [-0.25, -0.2) is 17.5 Å². The van der Waals surface area contributed by atoms with Crippen LogP contribution in [-0.2, 0) is 21.3 Å². The third-order valence-electron chi connectivity index (χ3n) is 3.36. The van der Waals surface area contributed by atoms with Crippen LogP contribution in [0.3, 0.4) is 0 Å². The molecule has 1 saturated heterocycles. The van der Waals surface area contributed by atoms with E-state index in [9.17, 15) is 12.8 Å². The topological polar surface area (TPSA) is 81.4 Å². The van der Waals surface area contributed by atoms with Gasteiger partial charge in [-0.05, 0) is 37.5 Å². The molecule has 0 bridgehead atoms. The Balaban J connectivity index is 2.32. The van der Waals surface area contributed by atoms with E-state index in [4.69, 9.17) is 10.5 Å². The Labute approximate surface area is 118 Å². The molecule has 0 aromatic heterocycles. The molecule has 2 rings (SSSR count). The molecule has 7 heteroatoms. The Morgan fingerprint density at radius 2 is 2.25 bits per heavy atom. The molecule has 0 aliphatic carbocycles. The maximum Gasteiger partial charge on any atom is 0.241 e. The Bertz CT molecular complexity index is 583. The Morgan fingerprint density at radius 3 is 2.85 bits per heavy atom. The smallest absolute Gasteiger partial charge is 0.241 e. The zero-order valence-corrected chi connectivity index (χ0v) is 12.2. The third-order valence-corrected chi connectivity index (χ3v) is 5.08. The maximum absolute atomic E-state index is 13.3. The van der Waals surface area contributed by atoms with Gasteiger partial charge in [-0.2, -0.15) is 0 Å². The first-order chi connectivity index (χ1) is 9.36. The number of hydrogen-bond donors (Lipinski definition) is 2. The molecule has 1 fully saturated rings. The van der Waals surface area contributed by atoms with Crippen LogP contribution in [0, 0.1) is 5.82 Å². The molecule has 1 heterocycles. The van der Waals surface area contributed by atoms with Gasteiger partial charge < -0.3 is 10.5 Å². The summed E-state index contributed by atoms with van der Waals surface area (Å²) in [6.45, 7) is 2.75. The molecule has 1 unspecified atom stereocenters. The lowest BCUT2D eigenvalue weighted by atomic mass is 9.97. The second-order valence-electron chi connectivity index (χ2n) is 5.28. The van der Waals surface area contributed by atoms with Crippen LogP contribution in [0.25, 0.3) is 0 Å². The fraction of sp³-hybridized carbons (Fsp3) is 0.538. The van der Waals surface area contributed by atoms with Crippen molar-refractivity contribution >= 4 is 10.0 Å². The minimum Gasteiger partial charge on any atom is -0.380 e. The van der Waals surface area contributed by atoms with E-state index < -0.39 is 21.4 Å². The van der Waals surface area contributed by atoms with Crippen molar-refractivity contribution in [3.05, 3.63) is 29.6 Å². The summed E-state index contributed by atoms with van der Waals surface area (Å²) < 4.78 is 46.2. The van der Waals surface area contributed by atoms with E-state index in [-0.39, 0.29) is 11.4 Å². The van der Waals surface area contributed by atoms with Crippen molar-refractivity contribution < 1.29 is 17.5 Å². The first kappa shape index (κ1) is 15.4. The number of hydrogen-bond acceptors (Lipinski definition) is 4. The van der Waals surface area contributed by atoms with Crippen LogP contribution >= 0.6 is 0 Å². The molecule has 1 aliphatic heterocycles. The van der Waals surface area contributed by atoms with Crippen molar-refractivity contribution in [2.45, 2.75) is 36.7 Å². The first-order valence-electron chi connectivity index (χ1n) is 6.46. The fourth-order valence-electron chi connectivity index (χ4n) is 2.34. The molecular formula is C13H19FN2O3S. The largest absolute Gasteiger partial charge is 0.380 e. The molecule has 1 aromatic rings. The van der Waals surface area contributed by atoms with Crippen molar-refractivity contribution in [3.8, 4) is 0 Å². The van der Waals surface area contributed by atoms with E-state index in [0.29, 0.717) is 25.2 Å². The predicted octanol–water partition coefficient (Wildman–Crippen LogP) is 1.13. The van der Waals surface area contributed by atoms with E-state index in [1.54, 1.807) is 6.92 Å². The van der Waals surface area contributed by atoms with Crippen molar-refractivity contribution in [3.63, 3.8) is 0 Å². The first-order valence-corrected chi connectivity index (χ1v) is 7.95. The molecule has 1 aliphatic rings. The molecule has 1 atom stereocenters. The normalized spacial score (nSPS) is 23.8. The quantitative estimate of drug-likeness (QED) is 0.873. The highest BCUT2D eigenvalue weighted by Crippen LogP contribution is 2.23. The summed E-state index contributed by atoms with van der Waals surface area (Å²) >= 11 is 0. The molecule has 20 heavy (non-hydrogen) atoms. The molecule has 0 spiro atoms. The second-order valence-corrected chi connectivity index (χ2v) is 6.93. The average Bonchev–Trinajstić information content (AvgIpc) is 2.38. The van der Waals surface area contributed by atoms with E-state index in [1.165, 1.54) is 12.1 Å². The van der Waals surface area contributed by atoms with Gasteiger partial charge in [0.05, 0.1) is 17.0 Å². The highest BCUT2D eigenvalue weighted by atomic mass is 32.2. The van der Waals surface area contributed by atoms with Crippen molar-refractivity contribution in [1.29, 1.82) is 0 Å². The number of rotatable bonds is 4. The molecule has 112 valence electrons. The van der Waals surface area contributed by atoms with Crippen LogP contribution in [0.15, 0.2) is 23.1 Å². The Morgan fingerprint density at radius 1 is 1.50 bits per heavy atom. The van der Waals surface area contributed by atoms with Crippen molar-refractivity contribution in [1.82, 2.24) is 4.72 Å². The summed E-state index contributed by atoms with van der Waals surface area (Å²) in [5.41, 5.74) is 5.24. The highest BCUT2D eigenvalue weighted by Gasteiger charge is 2.33. The van der Waals surface area contributed by atoms with Crippen LogP contribution < -0.4 is 10.5 Å². The lowest BCUT2D eigenvalue weighted by Crippen LogP contribution is -2.51. The molecule has 5 nitrogen and oxygen atoms in total. The molecule has 1 aromatic carbocycles. The van der Waals surface area contributed by atoms with Crippen LogP contribution in [0.5, 0.6) is 0 Å². The zero-order valence-electron chi connectivity index (χ0n) is 11.4. The number of halogens is 1. The van der Waals surface area contributed by atoms with Crippen LogP contribution in [0.4, 0.5) is 4.39 Å². The van der Waals surface area contributed by atoms with Gasteiger partial charge in [-0.3, -0.25) is 0 Å². The molecule has 0 saturated carbocycles. The van der Waals surface area contributed by atoms with Gasteiger partial charge in [0.25, 0.3) is 0 Å². The number of ether oxygens (including phenoxy) is 1. The van der Waals surface area contributed by atoms with Crippen LogP contribution in [-0.4, -0.2) is 27.2 Å². The van der Waals surface area contributed by atoms with Gasteiger partial charge in [0.15, 0.2) is 0 Å². The lowest BCUT2D eigenvalue weighted by molar-refractivity contribution is 0.0386. The standard InChI is InChI=1S/C13H19FN2O3S/c1-13(5-2-6-19-9-13)16-20(17,18)12-7-11(14)4-3-10(12)8-15/h3-4,7,16H,2,5-6,8-9,15H2,1H3. The zero-order chi connectivity index (χ0) is 14.8. The van der Waals surface area contributed by atoms with Crippen molar-refractivity contribution in [2.24, 2.45) is 5.73 Å². The van der Waals surface area contributed by atoms with Crippen molar-refractivity contribution in [2.75, 3.05) is 13.2 Å². The van der Waals surface area contributed by atoms with E-state index in [2.05, 4.69) is 4.72 Å². The van der Waals surface area contributed by atoms with Gasteiger partial charge in [0, 0.05) is 13.2 Å². The summed E-state index contributed by atoms with van der Waals surface area (Å²) in [7, 11) is -3.83. The van der Waals surface area contributed by atoms with Crippen LogP contribution in [0.2, 0.25) is 0 Å². The number of nitrogens with one attached hydrogen (secondary N) is 1. The minimum atomic E-state index is -3.83. The van der Waals surface area contributed by atoms with Crippen LogP contribution in [0.1, 0.15) is 25.3 Å². The summed E-state index contributed by atoms with van der Waals surface area (Å²) in [5, 5.41) is 0. The Hall–Kier alpha value is -1.02. The van der Waals surface area contributed by atoms with E-state index in [0.717, 1.165) is 12.5 Å². The summed E-state index contributed by atoms with van der Waals surface area (Å²) in [6.07, 6.45) is 1.46. The summed E-state index contributed by atoms with van der Waals surface area (Å²) in [4.78, 5) is -0.105. The Kier molecular flexibility index (Phi) is 4.43. The van der Waals surface area contributed by atoms with Gasteiger partial charge in [0.1, 0.15) is 5.82 Å². The lowest BCUT2D eigenvalue weighted by Gasteiger charge is -2.34. The fourth-order valence-corrected chi connectivity index (χ4v) is 4.03. The number of sulfonamides is 1. The predicted molar refractivity (Wildman–Crippen MR) is 73.1 cm³/mol. The molecular weight excluding hydrogens is 283 g/mol. The molecule has 3 N–H and O–H groups in total. The third kappa shape index (κ3) is 3.35. The summed E-state index contributed by atoms with van der Waals surface area (Å²) in [5.74, 6) is -0.604. The monoisotopic (exact) mass is 302 g/mol. The van der Waals surface area contributed by atoms with Gasteiger partial charge in [0.2, 0.25) is 10.0 Å². The van der Waals surface area contributed by atoms with Gasteiger partial charge in [-0.15, -0.1) is 0 Å². The van der Waals surface area contributed by atoms with E-state index >= 15 is 0 Å². The minimum absolute atomic E-state index is 0.0315. The van der Waals surface area contributed by atoms with E-state index in [1.807, 2.05) is 0 Å². The van der Waals surface area contributed by atoms with Gasteiger partial charge >= 0.3 is 0 Å². The summed E-state index contributed by atoms with van der Waals surface area (Å²) in [6, 6.07) is 3.59. The number of benzene rings is 1. The SMILES string of the molecule is CC1(NS(=O)(=O)c2cc(F)ccc2CN)CCCOC1. The second kappa shape index (κ2) is 5.77.